The van der Waals surface area contributed by atoms with Crippen molar-refractivity contribution in [2.75, 3.05) is 5.75 Å². The fourth-order valence-electron chi connectivity index (χ4n) is 2.29. The predicted molar refractivity (Wildman–Crippen MR) is 63.5 cm³/mol. The molecule has 1 saturated heterocycles. The Morgan fingerprint density at radius 2 is 2.00 bits per heavy atom. The molecule has 102 valence electrons. The average Bonchev–Trinajstić information content (AvgIpc) is 2.23. The van der Waals surface area contributed by atoms with Gasteiger partial charge in [-0.05, 0) is 25.5 Å². The molecule has 8 heteroatoms. The Hall–Kier alpha value is -1.96. The highest BCUT2D eigenvalue weighted by Crippen LogP contribution is 2.39. The van der Waals surface area contributed by atoms with E-state index in [1.54, 1.807) is 0 Å². The zero-order chi connectivity index (χ0) is 14.5. The number of carboxylic acids is 1. The molecule has 1 atom stereocenters. The van der Waals surface area contributed by atoms with Gasteiger partial charge in [-0.3, -0.25) is 14.5 Å². The molecule has 0 aliphatic carbocycles. The maximum atomic E-state index is 12.0. The molecule has 0 aromatic heterocycles. The van der Waals surface area contributed by atoms with Gasteiger partial charge in [0.1, 0.15) is 5.70 Å². The summed E-state index contributed by atoms with van der Waals surface area (Å²) in [4.78, 5) is 34.6. The van der Waals surface area contributed by atoms with Crippen molar-refractivity contribution in [1.82, 2.24) is 4.90 Å². The SMILES string of the molecule is CC(=O)/C=C1/C(=O)N2C(C(=O)O)=C(C)CS(=O)(=O)[C@H]12. The Labute approximate surface area is 109 Å². The fraction of sp³-hybridized carbons (Fsp3) is 0.364. The van der Waals surface area contributed by atoms with Gasteiger partial charge in [0, 0.05) is 0 Å². The summed E-state index contributed by atoms with van der Waals surface area (Å²) in [6.45, 7) is 2.55. The van der Waals surface area contributed by atoms with Crippen LogP contribution in [0.4, 0.5) is 0 Å². The summed E-state index contributed by atoms with van der Waals surface area (Å²) in [5, 5.41) is 7.71. The number of hydrogen-bond acceptors (Lipinski definition) is 5. The smallest absolute Gasteiger partial charge is 0.352 e. The van der Waals surface area contributed by atoms with Crippen LogP contribution in [0.3, 0.4) is 0 Å². The van der Waals surface area contributed by atoms with Gasteiger partial charge >= 0.3 is 5.97 Å². The van der Waals surface area contributed by atoms with E-state index < -0.39 is 38.6 Å². The van der Waals surface area contributed by atoms with Crippen molar-refractivity contribution in [3.63, 3.8) is 0 Å². The van der Waals surface area contributed by atoms with Gasteiger partial charge < -0.3 is 5.11 Å². The minimum Gasteiger partial charge on any atom is -0.477 e. The third kappa shape index (κ3) is 1.88. The van der Waals surface area contributed by atoms with Crippen molar-refractivity contribution in [1.29, 1.82) is 0 Å². The van der Waals surface area contributed by atoms with Crippen molar-refractivity contribution in [2.24, 2.45) is 0 Å². The summed E-state index contributed by atoms with van der Waals surface area (Å²) >= 11 is 0. The summed E-state index contributed by atoms with van der Waals surface area (Å²) in [7, 11) is -3.70. The lowest BCUT2D eigenvalue weighted by atomic mass is 10.0. The minimum atomic E-state index is -3.70. The van der Waals surface area contributed by atoms with Crippen LogP contribution in [0.1, 0.15) is 13.8 Å². The number of ketones is 1. The zero-order valence-corrected chi connectivity index (χ0v) is 11.0. The van der Waals surface area contributed by atoms with Crippen LogP contribution >= 0.6 is 0 Å². The molecule has 2 rings (SSSR count). The van der Waals surface area contributed by atoms with E-state index in [1.807, 2.05) is 0 Å². The van der Waals surface area contributed by atoms with Crippen LogP contribution < -0.4 is 0 Å². The number of carbonyl (C=O) groups excluding carboxylic acids is 2. The molecule has 2 aliphatic heterocycles. The standard InChI is InChI=1S/C11H11NO6S/c1-5-4-19(17,18)10-7(3-6(2)13)9(14)12(10)8(5)11(15)16/h3,10H,4H2,1-2H3,(H,15,16)/b7-3-/t10-/m1/s1. The molecule has 7 nitrogen and oxygen atoms in total. The lowest BCUT2D eigenvalue weighted by Gasteiger charge is -2.45. The van der Waals surface area contributed by atoms with E-state index in [-0.39, 0.29) is 16.8 Å². The zero-order valence-electron chi connectivity index (χ0n) is 10.2. The lowest BCUT2D eigenvalue weighted by Crippen LogP contribution is -2.62. The third-order valence-corrected chi connectivity index (χ3v) is 4.91. The van der Waals surface area contributed by atoms with E-state index in [9.17, 15) is 22.8 Å². The first-order chi connectivity index (χ1) is 8.66. The molecule has 2 aliphatic rings. The lowest BCUT2D eigenvalue weighted by molar-refractivity contribution is -0.141. The number of allylic oxidation sites excluding steroid dienone is 1. The Morgan fingerprint density at radius 3 is 2.47 bits per heavy atom. The van der Waals surface area contributed by atoms with Crippen LogP contribution in [0.25, 0.3) is 0 Å². The number of carbonyl (C=O) groups is 3. The van der Waals surface area contributed by atoms with E-state index in [4.69, 9.17) is 5.11 Å². The number of sulfone groups is 1. The van der Waals surface area contributed by atoms with Gasteiger partial charge in [-0.15, -0.1) is 0 Å². The molecule has 19 heavy (non-hydrogen) atoms. The van der Waals surface area contributed by atoms with Crippen LogP contribution in [-0.2, 0) is 24.2 Å². The number of nitrogens with zero attached hydrogens (tertiary/aromatic N) is 1. The predicted octanol–water partition coefficient (Wildman–Crippen LogP) is -0.543. The molecule has 0 unspecified atom stereocenters. The monoisotopic (exact) mass is 285 g/mol. The largest absolute Gasteiger partial charge is 0.477 e. The molecular weight excluding hydrogens is 274 g/mol. The van der Waals surface area contributed by atoms with E-state index in [1.165, 1.54) is 13.8 Å². The first-order valence-corrected chi connectivity index (χ1v) is 7.08. The fourth-order valence-corrected chi connectivity index (χ4v) is 4.27. The maximum Gasteiger partial charge on any atom is 0.352 e. The number of carboxylic acid groups (broad SMARTS) is 1. The number of rotatable bonds is 2. The van der Waals surface area contributed by atoms with Crippen molar-refractivity contribution in [3.8, 4) is 0 Å². The first kappa shape index (κ1) is 13.5. The summed E-state index contributed by atoms with van der Waals surface area (Å²) in [6, 6.07) is 0. The molecule has 1 amide bonds. The highest BCUT2D eigenvalue weighted by molar-refractivity contribution is 7.92. The van der Waals surface area contributed by atoms with Crippen LogP contribution in [0, 0.1) is 0 Å². The molecular formula is C11H11NO6S. The van der Waals surface area contributed by atoms with Crippen molar-refractivity contribution >= 4 is 27.5 Å². The molecule has 0 spiro atoms. The van der Waals surface area contributed by atoms with E-state index in [2.05, 4.69) is 0 Å². The van der Waals surface area contributed by atoms with Gasteiger partial charge in [0.25, 0.3) is 5.91 Å². The number of amides is 1. The Morgan fingerprint density at radius 1 is 1.42 bits per heavy atom. The average molecular weight is 285 g/mol. The molecule has 1 fully saturated rings. The summed E-state index contributed by atoms with van der Waals surface area (Å²) in [5.41, 5.74) is -0.372. The van der Waals surface area contributed by atoms with Gasteiger partial charge in [0.15, 0.2) is 21.0 Å². The van der Waals surface area contributed by atoms with Crippen molar-refractivity contribution in [3.05, 3.63) is 22.9 Å². The van der Waals surface area contributed by atoms with Crippen LogP contribution in [0.5, 0.6) is 0 Å². The van der Waals surface area contributed by atoms with Crippen LogP contribution in [0.2, 0.25) is 0 Å². The van der Waals surface area contributed by atoms with Crippen molar-refractivity contribution < 1.29 is 27.9 Å². The summed E-state index contributed by atoms with van der Waals surface area (Å²) < 4.78 is 24.0. The second kappa shape index (κ2) is 4.02. The van der Waals surface area contributed by atoms with E-state index in [0.717, 1.165) is 11.0 Å². The van der Waals surface area contributed by atoms with Crippen molar-refractivity contribution in [2.45, 2.75) is 19.2 Å². The quantitative estimate of drug-likeness (QED) is 0.539. The number of fused-ring (bicyclic) bond motifs is 1. The molecule has 0 aromatic carbocycles. The highest BCUT2D eigenvalue weighted by atomic mass is 32.2. The van der Waals surface area contributed by atoms with Gasteiger partial charge in [-0.1, -0.05) is 0 Å². The highest BCUT2D eigenvalue weighted by Gasteiger charge is 2.56. The van der Waals surface area contributed by atoms with Gasteiger partial charge in [-0.2, -0.15) is 0 Å². The maximum absolute atomic E-state index is 12.0. The number of β-lactam (4-membered cyclic amide) rings is 1. The molecule has 1 N–H and O–H groups in total. The van der Waals surface area contributed by atoms with E-state index in [0.29, 0.717) is 0 Å². The molecule has 0 aromatic rings. The second-order valence-electron chi connectivity index (χ2n) is 4.48. The molecule has 0 bridgehead atoms. The van der Waals surface area contributed by atoms with Crippen LogP contribution in [0.15, 0.2) is 22.9 Å². The second-order valence-corrected chi connectivity index (χ2v) is 6.54. The number of aliphatic carboxylic acids is 1. The van der Waals surface area contributed by atoms with Crippen LogP contribution in [-0.4, -0.2) is 47.2 Å². The minimum absolute atomic E-state index is 0.110. The molecule has 0 radical (unpaired) electrons. The first-order valence-electron chi connectivity index (χ1n) is 5.37. The third-order valence-electron chi connectivity index (χ3n) is 2.93. The normalized spacial score (nSPS) is 27.1. The number of hydrogen-bond donors (Lipinski definition) is 1. The van der Waals surface area contributed by atoms with Gasteiger partial charge in [0.05, 0.1) is 11.3 Å². The van der Waals surface area contributed by atoms with E-state index >= 15 is 0 Å². The van der Waals surface area contributed by atoms with Gasteiger partial charge in [-0.25, -0.2) is 13.2 Å². The summed E-state index contributed by atoms with van der Waals surface area (Å²) in [6.07, 6.45) is 0.946. The van der Waals surface area contributed by atoms with Gasteiger partial charge in [0.2, 0.25) is 0 Å². The Kier molecular flexibility index (Phi) is 2.85. The molecule has 0 saturated carbocycles. The molecule has 2 heterocycles. The summed E-state index contributed by atoms with van der Waals surface area (Å²) in [5.74, 6) is -2.99. The Balaban J connectivity index is 2.60. The Bertz CT molecular complexity index is 669. The topological polar surface area (TPSA) is 109 Å².